The van der Waals surface area contributed by atoms with E-state index in [4.69, 9.17) is 4.98 Å². The van der Waals surface area contributed by atoms with Gasteiger partial charge >= 0.3 is 0 Å². The lowest BCUT2D eigenvalue weighted by atomic mass is 9.97. The standard InChI is InChI=1S/C19H25FN4O/c1-12-2-6-23(7-3-12)18-21-9-14-15-11-24(17(25)19(20)4-5-19)10-13(15)8-16(14)22-18/h9,12-13,15H,2-8,10-11H2,1H3. The quantitative estimate of drug-likeness (QED) is 0.826. The zero-order valence-corrected chi connectivity index (χ0v) is 14.7. The Labute approximate surface area is 147 Å². The SMILES string of the molecule is CC1CCN(c2ncc3c(n2)CC2CN(C(=O)C4(F)CC4)CC32)CC1. The van der Waals surface area contributed by atoms with Crippen LogP contribution in [0.25, 0.3) is 0 Å². The van der Waals surface area contributed by atoms with Gasteiger partial charge in [-0.15, -0.1) is 0 Å². The summed E-state index contributed by atoms with van der Waals surface area (Å²) in [5, 5.41) is 0. The number of hydrogen-bond donors (Lipinski definition) is 0. The summed E-state index contributed by atoms with van der Waals surface area (Å²) in [5.74, 6) is 2.03. The number of rotatable bonds is 2. The summed E-state index contributed by atoms with van der Waals surface area (Å²) in [6, 6.07) is 0. The van der Waals surface area contributed by atoms with Crippen molar-refractivity contribution in [3.63, 3.8) is 0 Å². The Morgan fingerprint density at radius 2 is 2.04 bits per heavy atom. The van der Waals surface area contributed by atoms with Crippen LogP contribution in [0.2, 0.25) is 0 Å². The van der Waals surface area contributed by atoms with Gasteiger partial charge in [-0.1, -0.05) is 6.92 Å². The number of carbonyl (C=O) groups excluding carboxylic acids is 1. The molecule has 0 N–H and O–H groups in total. The summed E-state index contributed by atoms with van der Waals surface area (Å²) in [6.45, 7) is 5.67. The van der Waals surface area contributed by atoms with Crippen LogP contribution in [-0.2, 0) is 11.2 Å². The monoisotopic (exact) mass is 344 g/mol. The lowest BCUT2D eigenvalue weighted by Crippen LogP contribution is -2.37. The largest absolute Gasteiger partial charge is 0.341 e. The third-order valence-electron chi connectivity index (χ3n) is 6.61. The smallest absolute Gasteiger partial charge is 0.260 e. The number of amides is 1. The Bertz CT molecular complexity index is 711. The van der Waals surface area contributed by atoms with E-state index in [9.17, 15) is 9.18 Å². The maximum absolute atomic E-state index is 14.1. The van der Waals surface area contributed by atoms with Crippen LogP contribution < -0.4 is 4.90 Å². The van der Waals surface area contributed by atoms with Gasteiger partial charge in [0.1, 0.15) is 0 Å². The molecule has 0 bridgehead atoms. The van der Waals surface area contributed by atoms with E-state index < -0.39 is 5.67 Å². The van der Waals surface area contributed by atoms with Gasteiger partial charge < -0.3 is 9.80 Å². The molecule has 2 aliphatic heterocycles. The van der Waals surface area contributed by atoms with Crippen LogP contribution in [0.1, 0.15) is 49.8 Å². The number of carbonyl (C=O) groups is 1. The normalized spacial score (nSPS) is 30.3. The lowest BCUT2D eigenvalue weighted by molar-refractivity contribution is -0.137. The van der Waals surface area contributed by atoms with Gasteiger partial charge in [0.25, 0.3) is 5.91 Å². The van der Waals surface area contributed by atoms with Crippen LogP contribution in [0.15, 0.2) is 6.20 Å². The van der Waals surface area contributed by atoms with E-state index in [1.165, 1.54) is 18.4 Å². The van der Waals surface area contributed by atoms with Gasteiger partial charge in [0.05, 0.1) is 0 Å². The molecule has 5 rings (SSSR count). The number of likely N-dealkylation sites (tertiary alicyclic amines) is 1. The first kappa shape index (κ1) is 15.5. The highest BCUT2D eigenvalue weighted by Crippen LogP contribution is 2.47. The highest BCUT2D eigenvalue weighted by Gasteiger charge is 2.55. The molecule has 25 heavy (non-hydrogen) atoms. The Balaban J connectivity index is 1.32. The van der Waals surface area contributed by atoms with Crippen LogP contribution >= 0.6 is 0 Å². The molecule has 3 heterocycles. The molecule has 1 aromatic heterocycles. The molecule has 0 radical (unpaired) electrons. The highest BCUT2D eigenvalue weighted by molar-refractivity contribution is 5.88. The summed E-state index contributed by atoms with van der Waals surface area (Å²) in [4.78, 5) is 25.8. The van der Waals surface area contributed by atoms with Gasteiger partial charge in [-0.2, -0.15) is 0 Å². The number of nitrogens with zero attached hydrogens (tertiary/aromatic N) is 4. The Morgan fingerprint density at radius 1 is 1.28 bits per heavy atom. The molecule has 1 saturated carbocycles. The predicted octanol–water partition coefficient (Wildman–Crippen LogP) is 2.31. The predicted molar refractivity (Wildman–Crippen MR) is 92.2 cm³/mol. The van der Waals surface area contributed by atoms with Gasteiger partial charge in [-0.05, 0) is 49.5 Å². The first-order chi connectivity index (χ1) is 12.0. The molecule has 4 aliphatic rings. The molecule has 1 amide bonds. The van der Waals surface area contributed by atoms with Gasteiger partial charge in [-0.25, -0.2) is 14.4 Å². The van der Waals surface area contributed by atoms with E-state index in [0.29, 0.717) is 31.8 Å². The second kappa shape index (κ2) is 5.39. The van der Waals surface area contributed by atoms with E-state index >= 15 is 0 Å². The molecule has 2 unspecified atom stereocenters. The lowest BCUT2D eigenvalue weighted by Gasteiger charge is -2.30. The van der Waals surface area contributed by atoms with Crippen LogP contribution in [0.3, 0.4) is 0 Å². The second-order valence-corrected chi connectivity index (χ2v) is 8.49. The van der Waals surface area contributed by atoms with E-state index in [1.54, 1.807) is 4.90 Å². The number of aromatic nitrogens is 2. The molecule has 2 atom stereocenters. The van der Waals surface area contributed by atoms with Crippen LogP contribution in [-0.4, -0.2) is 52.6 Å². The average molecular weight is 344 g/mol. The zero-order chi connectivity index (χ0) is 17.2. The van der Waals surface area contributed by atoms with Crippen molar-refractivity contribution in [3.05, 3.63) is 17.5 Å². The summed E-state index contributed by atoms with van der Waals surface area (Å²) >= 11 is 0. The highest BCUT2D eigenvalue weighted by atomic mass is 19.1. The molecule has 2 aliphatic carbocycles. The molecule has 0 spiro atoms. The van der Waals surface area contributed by atoms with Gasteiger partial charge in [-0.3, -0.25) is 4.79 Å². The van der Waals surface area contributed by atoms with Gasteiger partial charge in [0.2, 0.25) is 5.95 Å². The number of alkyl halides is 1. The topological polar surface area (TPSA) is 49.3 Å². The van der Waals surface area contributed by atoms with Crippen molar-refractivity contribution >= 4 is 11.9 Å². The summed E-state index contributed by atoms with van der Waals surface area (Å²) in [5.41, 5.74) is 0.776. The van der Waals surface area contributed by atoms with Crippen molar-refractivity contribution in [2.45, 2.75) is 50.6 Å². The third-order valence-corrected chi connectivity index (χ3v) is 6.61. The van der Waals surface area contributed by atoms with Gasteiger partial charge in [0, 0.05) is 44.0 Å². The molecule has 134 valence electrons. The molecule has 1 aromatic rings. The number of halogens is 1. The molecule has 5 nitrogen and oxygen atoms in total. The summed E-state index contributed by atoms with van der Waals surface area (Å²) < 4.78 is 14.1. The Kier molecular flexibility index (Phi) is 3.35. The van der Waals surface area contributed by atoms with E-state index in [1.807, 2.05) is 6.20 Å². The first-order valence-electron chi connectivity index (χ1n) is 9.62. The van der Waals surface area contributed by atoms with Crippen molar-refractivity contribution in [2.24, 2.45) is 11.8 Å². The van der Waals surface area contributed by atoms with Gasteiger partial charge in [0.15, 0.2) is 5.67 Å². The second-order valence-electron chi connectivity index (χ2n) is 8.49. The van der Waals surface area contributed by atoms with Crippen molar-refractivity contribution in [1.29, 1.82) is 0 Å². The third kappa shape index (κ3) is 2.52. The Hall–Kier alpha value is -1.72. The zero-order valence-electron chi connectivity index (χ0n) is 14.7. The van der Waals surface area contributed by atoms with Crippen molar-refractivity contribution in [1.82, 2.24) is 14.9 Å². The maximum atomic E-state index is 14.1. The van der Waals surface area contributed by atoms with Crippen LogP contribution in [0.4, 0.5) is 10.3 Å². The summed E-state index contributed by atoms with van der Waals surface area (Å²) in [7, 11) is 0. The first-order valence-corrected chi connectivity index (χ1v) is 9.62. The fourth-order valence-electron chi connectivity index (χ4n) is 4.70. The number of anilines is 1. The number of piperidine rings is 1. The molecule has 0 aromatic carbocycles. The molecular formula is C19H25FN4O. The summed E-state index contributed by atoms with van der Waals surface area (Å²) in [6.07, 6.45) is 6.06. The minimum atomic E-state index is -1.55. The van der Waals surface area contributed by atoms with E-state index in [-0.39, 0.29) is 11.8 Å². The van der Waals surface area contributed by atoms with E-state index in [2.05, 4.69) is 16.8 Å². The van der Waals surface area contributed by atoms with Crippen molar-refractivity contribution in [2.75, 3.05) is 31.1 Å². The molecule has 2 saturated heterocycles. The minimum Gasteiger partial charge on any atom is -0.341 e. The molecule has 6 heteroatoms. The molecular weight excluding hydrogens is 319 g/mol. The number of hydrogen-bond acceptors (Lipinski definition) is 4. The van der Waals surface area contributed by atoms with E-state index in [0.717, 1.165) is 37.1 Å². The average Bonchev–Trinajstić information content (AvgIpc) is 3.09. The minimum absolute atomic E-state index is 0.288. The number of fused-ring (bicyclic) bond motifs is 3. The molecule has 3 fully saturated rings. The Morgan fingerprint density at radius 3 is 2.76 bits per heavy atom. The van der Waals surface area contributed by atoms with Crippen molar-refractivity contribution < 1.29 is 9.18 Å². The fraction of sp³-hybridized carbons (Fsp3) is 0.737. The maximum Gasteiger partial charge on any atom is 0.260 e. The van der Waals surface area contributed by atoms with Crippen LogP contribution in [0.5, 0.6) is 0 Å². The fourth-order valence-corrected chi connectivity index (χ4v) is 4.70. The van der Waals surface area contributed by atoms with Crippen LogP contribution in [0, 0.1) is 11.8 Å². The van der Waals surface area contributed by atoms with Crippen molar-refractivity contribution in [3.8, 4) is 0 Å².